The summed E-state index contributed by atoms with van der Waals surface area (Å²) in [5, 5.41) is 4.06. The van der Waals surface area contributed by atoms with Crippen molar-refractivity contribution < 1.29 is 9.53 Å². The first kappa shape index (κ1) is 23.4. The standard InChI is InChI=1S/C26H32N4O2S/c1-15-7-8-22(16(2)9-15)25(31)27-12-23-24(21-10-17(3)28-18(4)11-21)33-26(29-23)30-13-19(5)32-20(6)14-30/h7-11,19-20H,12-14H2,1-6H3,(H,27,31)/t19-,20+. The minimum Gasteiger partial charge on any atom is -0.372 e. The number of thiazole rings is 1. The van der Waals surface area contributed by atoms with Crippen LogP contribution in [0.5, 0.6) is 0 Å². The number of aromatic nitrogens is 2. The molecular weight excluding hydrogens is 432 g/mol. The molecule has 7 heteroatoms. The molecule has 33 heavy (non-hydrogen) atoms. The van der Waals surface area contributed by atoms with E-state index in [1.165, 1.54) is 0 Å². The van der Waals surface area contributed by atoms with E-state index >= 15 is 0 Å². The first-order valence-corrected chi connectivity index (χ1v) is 12.2. The molecule has 1 amide bonds. The van der Waals surface area contributed by atoms with Crippen molar-refractivity contribution in [3.63, 3.8) is 0 Å². The van der Waals surface area contributed by atoms with Crippen molar-refractivity contribution in [1.82, 2.24) is 15.3 Å². The Hall–Kier alpha value is -2.77. The Bertz CT molecular complexity index is 1140. The van der Waals surface area contributed by atoms with Crippen LogP contribution in [0.2, 0.25) is 0 Å². The maximum absolute atomic E-state index is 12.9. The number of hydrogen-bond donors (Lipinski definition) is 1. The molecule has 0 spiro atoms. The molecule has 2 atom stereocenters. The summed E-state index contributed by atoms with van der Waals surface area (Å²) < 4.78 is 5.91. The van der Waals surface area contributed by atoms with Crippen LogP contribution in [-0.4, -0.2) is 41.2 Å². The van der Waals surface area contributed by atoms with Crippen LogP contribution in [0.3, 0.4) is 0 Å². The van der Waals surface area contributed by atoms with Crippen molar-refractivity contribution in [2.24, 2.45) is 0 Å². The van der Waals surface area contributed by atoms with E-state index < -0.39 is 0 Å². The van der Waals surface area contributed by atoms with Gasteiger partial charge in [-0.3, -0.25) is 9.78 Å². The average Bonchev–Trinajstić information content (AvgIpc) is 3.15. The third-order valence-electron chi connectivity index (χ3n) is 5.76. The van der Waals surface area contributed by atoms with Crippen molar-refractivity contribution in [2.75, 3.05) is 18.0 Å². The molecule has 3 heterocycles. The summed E-state index contributed by atoms with van der Waals surface area (Å²) >= 11 is 1.67. The van der Waals surface area contributed by atoms with Crippen LogP contribution in [-0.2, 0) is 11.3 Å². The number of morpholine rings is 1. The molecule has 0 saturated carbocycles. The highest BCUT2D eigenvalue weighted by Gasteiger charge is 2.26. The van der Waals surface area contributed by atoms with Crippen molar-refractivity contribution in [3.05, 3.63) is 64.1 Å². The number of hydrogen-bond acceptors (Lipinski definition) is 6. The Morgan fingerprint density at radius 3 is 2.36 bits per heavy atom. The summed E-state index contributed by atoms with van der Waals surface area (Å²) in [6.07, 6.45) is 0.304. The topological polar surface area (TPSA) is 67.4 Å². The Kier molecular flexibility index (Phi) is 6.81. The van der Waals surface area contributed by atoms with Crippen LogP contribution in [0.1, 0.15) is 52.4 Å². The van der Waals surface area contributed by atoms with Gasteiger partial charge in [0, 0.05) is 30.0 Å². The lowest BCUT2D eigenvalue weighted by atomic mass is 10.1. The molecule has 0 unspecified atom stereocenters. The Morgan fingerprint density at radius 2 is 1.73 bits per heavy atom. The Morgan fingerprint density at radius 1 is 1.06 bits per heavy atom. The molecule has 4 rings (SSSR count). The number of anilines is 1. The van der Waals surface area contributed by atoms with Crippen LogP contribution in [0.25, 0.3) is 10.4 Å². The number of carbonyl (C=O) groups excluding carboxylic acids is 1. The van der Waals surface area contributed by atoms with Gasteiger partial charge >= 0.3 is 0 Å². The van der Waals surface area contributed by atoms with E-state index in [-0.39, 0.29) is 18.1 Å². The molecule has 0 bridgehead atoms. The number of benzene rings is 1. The van der Waals surface area contributed by atoms with Crippen LogP contribution >= 0.6 is 11.3 Å². The quantitative estimate of drug-likeness (QED) is 0.577. The van der Waals surface area contributed by atoms with Crippen molar-refractivity contribution >= 4 is 22.4 Å². The molecule has 6 nitrogen and oxygen atoms in total. The zero-order valence-electron chi connectivity index (χ0n) is 20.2. The minimum absolute atomic E-state index is 0.0799. The third kappa shape index (κ3) is 5.42. The highest BCUT2D eigenvalue weighted by atomic mass is 32.1. The monoisotopic (exact) mass is 464 g/mol. The molecule has 1 aromatic carbocycles. The van der Waals surface area contributed by atoms with E-state index in [1.54, 1.807) is 11.3 Å². The molecule has 2 aromatic heterocycles. The van der Waals surface area contributed by atoms with E-state index in [2.05, 4.69) is 41.2 Å². The van der Waals surface area contributed by atoms with Crippen molar-refractivity contribution in [2.45, 2.75) is 60.3 Å². The summed E-state index contributed by atoms with van der Waals surface area (Å²) in [7, 11) is 0. The number of carbonyl (C=O) groups is 1. The second kappa shape index (κ2) is 9.61. The second-order valence-electron chi connectivity index (χ2n) is 9.07. The number of ether oxygens (including phenoxy) is 1. The summed E-state index contributed by atoms with van der Waals surface area (Å²) in [6.45, 7) is 14.2. The molecule has 1 saturated heterocycles. The lowest BCUT2D eigenvalue weighted by Crippen LogP contribution is -2.45. The maximum atomic E-state index is 12.9. The summed E-state index contributed by atoms with van der Waals surface area (Å²) in [5.74, 6) is -0.0799. The molecule has 0 radical (unpaired) electrons. The van der Waals surface area contributed by atoms with Crippen LogP contribution in [0, 0.1) is 27.7 Å². The summed E-state index contributed by atoms with van der Waals surface area (Å²) in [5.41, 5.74) is 6.73. The van der Waals surface area contributed by atoms with Gasteiger partial charge in [-0.05, 0) is 70.9 Å². The number of aryl methyl sites for hydroxylation is 4. The Labute approximate surface area is 200 Å². The Balaban J connectivity index is 1.65. The van der Waals surface area contributed by atoms with Gasteiger partial charge in [-0.2, -0.15) is 0 Å². The average molecular weight is 465 g/mol. The zero-order chi connectivity index (χ0) is 23.7. The largest absolute Gasteiger partial charge is 0.372 e. The SMILES string of the molecule is Cc1ccc(C(=O)NCc2nc(N3C[C@@H](C)O[C@@H](C)C3)sc2-c2cc(C)nc(C)c2)c(C)c1. The van der Waals surface area contributed by atoms with E-state index in [0.29, 0.717) is 12.1 Å². The van der Waals surface area contributed by atoms with Gasteiger partial charge in [0.05, 0.1) is 29.3 Å². The van der Waals surface area contributed by atoms with Gasteiger partial charge in [0.1, 0.15) is 0 Å². The third-order valence-corrected chi connectivity index (χ3v) is 6.97. The highest BCUT2D eigenvalue weighted by molar-refractivity contribution is 7.19. The van der Waals surface area contributed by atoms with Crippen LogP contribution < -0.4 is 10.2 Å². The normalized spacial score (nSPS) is 18.4. The maximum Gasteiger partial charge on any atom is 0.251 e. The van der Waals surface area contributed by atoms with Gasteiger partial charge in [-0.25, -0.2) is 4.98 Å². The van der Waals surface area contributed by atoms with Crippen molar-refractivity contribution in [1.29, 1.82) is 0 Å². The minimum atomic E-state index is -0.0799. The van der Waals surface area contributed by atoms with Gasteiger partial charge in [-0.15, -0.1) is 0 Å². The fourth-order valence-corrected chi connectivity index (χ4v) is 5.53. The number of amides is 1. The second-order valence-corrected chi connectivity index (χ2v) is 10.1. The van der Waals surface area contributed by atoms with Gasteiger partial charge in [0.15, 0.2) is 5.13 Å². The summed E-state index contributed by atoms with van der Waals surface area (Å²) in [6, 6.07) is 10.1. The van der Waals surface area contributed by atoms with E-state index in [1.807, 2.05) is 45.9 Å². The van der Waals surface area contributed by atoms with Gasteiger partial charge < -0.3 is 15.0 Å². The molecule has 1 aliphatic rings. The first-order chi connectivity index (χ1) is 15.7. The van der Waals surface area contributed by atoms with E-state index in [9.17, 15) is 4.79 Å². The van der Waals surface area contributed by atoms with E-state index in [0.717, 1.165) is 56.9 Å². The van der Waals surface area contributed by atoms with E-state index in [4.69, 9.17) is 9.72 Å². The van der Waals surface area contributed by atoms with Crippen molar-refractivity contribution in [3.8, 4) is 10.4 Å². The van der Waals surface area contributed by atoms with Crippen LogP contribution in [0.4, 0.5) is 5.13 Å². The molecule has 1 N–H and O–H groups in total. The predicted octanol–water partition coefficient (Wildman–Crippen LogP) is 4.98. The smallest absolute Gasteiger partial charge is 0.251 e. The number of nitrogens with one attached hydrogen (secondary N) is 1. The lowest BCUT2D eigenvalue weighted by molar-refractivity contribution is -0.00523. The zero-order valence-corrected chi connectivity index (χ0v) is 21.0. The number of rotatable bonds is 5. The molecule has 1 aliphatic heterocycles. The number of nitrogens with zero attached hydrogens (tertiary/aromatic N) is 3. The van der Waals surface area contributed by atoms with Gasteiger partial charge in [0.2, 0.25) is 0 Å². The molecule has 174 valence electrons. The molecule has 0 aliphatic carbocycles. The molecule has 3 aromatic rings. The lowest BCUT2D eigenvalue weighted by Gasteiger charge is -2.35. The molecule has 1 fully saturated rings. The van der Waals surface area contributed by atoms with Gasteiger partial charge in [-0.1, -0.05) is 29.0 Å². The first-order valence-electron chi connectivity index (χ1n) is 11.4. The van der Waals surface area contributed by atoms with Crippen LogP contribution in [0.15, 0.2) is 30.3 Å². The number of pyridine rings is 1. The predicted molar refractivity (Wildman–Crippen MR) is 134 cm³/mol. The highest BCUT2D eigenvalue weighted by Crippen LogP contribution is 2.36. The van der Waals surface area contributed by atoms with Gasteiger partial charge in [0.25, 0.3) is 5.91 Å². The fourth-order valence-electron chi connectivity index (χ4n) is 4.45. The summed E-state index contributed by atoms with van der Waals surface area (Å²) in [4.78, 5) is 25.8. The fraction of sp³-hybridized carbons (Fsp3) is 0.423. The molecular formula is C26H32N4O2S.